The summed E-state index contributed by atoms with van der Waals surface area (Å²) in [6, 6.07) is 0.234. The minimum absolute atomic E-state index is 0.234. The zero-order valence-corrected chi connectivity index (χ0v) is 10.9. The van der Waals surface area contributed by atoms with E-state index >= 15 is 0 Å². The second kappa shape index (κ2) is 6.70. The Morgan fingerprint density at radius 1 is 1.39 bits per heavy atom. The number of nitrogens with zero attached hydrogens (tertiary/aromatic N) is 1. The van der Waals surface area contributed by atoms with Crippen LogP contribution in [0.2, 0.25) is 0 Å². The van der Waals surface area contributed by atoms with Gasteiger partial charge in [0.15, 0.2) is 0 Å². The Labute approximate surface area is 106 Å². The molecule has 2 unspecified atom stereocenters. The maximum Gasteiger partial charge on any atom is 0.319 e. The van der Waals surface area contributed by atoms with Gasteiger partial charge in [-0.2, -0.15) is 8.78 Å². The van der Waals surface area contributed by atoms with Crippen LogP contribution in [-0.4, -0.2) is 49.5 Å². The van der Waals surface area contributed by atoms with Crippen LogP contribution in [0.5, 0.6) is 0 Å². The standard InChI is InChI=1S/C12H22F4N2/c1-3-17-9(2)10-5-4-6-18(7-10)8-12(15,16)11(13)14/h9-11,17H,3-8H2,1-2H3. The molecule has 108 valence electrons. The number of hydrogen-bond acceptors (Lipinski definition) is 2. The first-order chi connectivity index (χ1) is 8.36. The van der Waals surface area contributed by atoms with E-state index in [2.05, 4.69) is 5.32 Å². The number of halogens is 4. The number of piperidine rings is 1. The summed E-state index contributed by atoms with van der Waals surface area (Å²) in [5.41, 5.74) is 0. The molecule has 0 saturated carbocycles. The smallest absolute Gasteiger partial charge is 0.314 e. The average molecular weight is 270 g/mol. The van der Waals surface area contributed by atoms with Crippen LogP contribution in [0.15, 0.2) is 0 Å². The summed E-state index contributed by atoms with van der Waals surface area (Å²) in [5, 5.41) is 3.26. The third kappa shape index (κ3) is 4.39. The van der Waals surface area contributed by atoms with Gasteiger partial charge in [0.2, 0.25) is 0 Å². The van der Waals surface area contributed by atoms with Gasteiger partial charge < -0.3 is 5.32 Å². The number of hydrogen-bond donors (Lipinski definition) is 1. The lowest BCUT2D eigenvalue weighted by Gasteiger charge is -2.37. The molecule has 0 spiro atoms. The number of likely N-dealkylation sites (tertiary alicyclic amines) is 1. The molecule has 2 atom stereocenters. The molecule has 2 nitrogen and oxygen atoms in total. The van der Waals surface area contributed by atoms with Gasteiger partial charge in [0.05, 0.1) is 6.54 Å². The van der Waals surface area contributed by atoms with Crippen molar-refractivity contribution in [1.29, 1.82) is 0 Å². The molecular formula is C12H22F4N2. The van der Waals surface area contributed by atoms with Gasteiger partial charge in [-0.05, 0) is 38.8 Å². The zero-order chi connectivity index (χ0) is 13.8. The van der Waals surface area contributed by atoms with E-state index < -0.39 is 18.9 Å². The van der Waals surface area contributed by atoms with Gasteiger partial charge in [0.1, 0.15) is 0 Å². The fourth-order valence-corrected chi connectivity index (χ4v) is 2.50. The van der Waals surface area contributed by atoms with E-state index in [9.17, 15) is 17.6 Å². The summed E-state index contributed by atoms with van der Waals surface area (Å²) < 4.78 is 50.3. The number of rotatable bonds is 6. The summed E-state index contributed by atoms with van der Waals surface area (Å²) in [5.74, 6) is -3.64. The van der Waals surface area contributed by atoms with E-state index in [-0.39, 0.29) is 12.0 Å². The average Bonchev–Trinajstić information content (AvgIpc) is 2.29. The van der Waals surface area contributed by atoms with Crippen LogP contribution in [0.4, 0.5) is 17.6 Å². The van der Waals surface area contributed by atoms with Gasteiger partial charge in [-0.1, -0.05) is 6.92 Å². The lowest BCUT2D eigenvalue weighted by atomic mass is 9.91. The van der Waals surface area contributed by atoms with Crippen molar-refractivity contribution >= 4 is 0 Å². The molecule has 0 amide bonds. The van der Waals surface area contributed by atoms with Crippen LogP contribution < -0.4 is 5.32 Å². The van der Waals surface area contributed by atoms with Gasteiger partial charge in [-0.3, -0.25) is 4.90 Å². The van der Waals surface area contributed by atoms with Gasteiger partial charge in [-0.25, -0.2) is 8.78 Å². The van der Waals surface area contributed by atoms with Crippen molar-refractivity contribution in [3.8, 4) is 0 Å². The molecule has 0 radical (unpaired) electrons. The van der Waals surface area contributed by atoms with Crippen LogP contribution >= 0.6 is 0 Å². The molecule has 1 saturated heterocycles. The quantitative estimate of drug-likeness (QED) is 0.746. The predicted molar refractivity (Wildman–Crippen MR) is 63.3 cm³/mol. The Morgan fingerprint density at radius 2 is 2.06 bits per heavy atom. The molecule has 0 aromatic heterocycles. The van der Waals surface area contributed by atoms with Crippen LogP contribution in [0.1, 0.15) is 26.7 Å². The largest absolute Gasteiger partial charge is 0.319 e. The summed E-state index contributed by atoms with van der Waals surface area (Å²) in [4.78, 5) is 1.47. The highest BCUT2D eigenvalue weighted by Gasteiger charge is 2.43. The van der Waals surface area contributed by atoms with Gasteiger partial charge >= 0.3 is 12.3 Å². The fraction of sp³-hybridized carbons (Fsp3) is 1.00. The monoisotopic (exact) mass is 270 g/mol. The highest BCUT2D eigenvalue weighted by molar-refractivity contribution is 4.83. The Kier molecular flexibility index (Phi) is 5.85. The lowest BCUT2D eigenvalue weighted by molar-refractivity contribution is -0.145. The molecule has 1 rings (SSSR count). The topological polar surface area (TPSA) is 15.3 Å². The molecule has 1 N–H and O–H groups in total. The molecule has 1 aliphatic heterocycles. The lowest BCUT2D eigenvalue weighted by Crippen LogP contribution is -2.49. The van der Waals surface area contributed by atoms with Crippen molar-refractivity contribution in [2.45, 2.75) is 45.1 Å². The molecule has 0 aromatic carbocycles. The molecule has 0 aliphatic carbocycles. The van der Waals surface area contributed by atoms with Crippen molar-refractivity contribution in [3.05, 3.63) is 0 Å². The Hall–Kier alpha value is -0.360. The first-order valence-electron chi connectivity index (χ1n) is 6.48. The van der Waals surface area contributed by atoms with Gasteiger partial charge in [0.25, 0.3) is 0 Å². The van der Waals surface area contributed by atoms with Crippen LogP contribution in [0.3, 0.4) is 0 Å². The maximum atomic E-state index is 13.0. The van der Waals surface area contributed by atoms with Crippen molar-refractivity contribution < 1.29 is 17.6 Å². The fourth-order valence-electron chi connectivity index (χ4n) is 2.50. The summed E-state index contributed by atoms with van der Waals surface area (Å²) >= 11 is 0. The first kappa shape index (κ1) is 15.7. The first-order valence-corrected chi connectivity index (χ1v) is 6.48. The van der Waals surface area contributed by atoms with Crippen molar-refractivity contribution in [2.24, 2.45) is 5.92 Å². The van der Waals surface area contributed by atoms with E-state index in [1.165, 1.54) is 4.90 Å². The predicted octanol–water partition coefficient (Wildman–Crippen LogP) is 2.60. The molecule has 1 aliphatic rings. The van der Waals surface area contributed by atoms with Crippen LogP contribution in [0.25, 0.3) is 0 Å². The Balaban J connectivity index is 2.48. The van der Waals surface area contributed by atoms with Crippen molar-refractivity contribution in [1.82, 2.24) is 10.2 Å². The van der Waals surface area contributed by atoms with E-state index in [1.807, 2.05) is 13.8 Å². The minimum Gasteiger partial charge on any atom is -0.314 e. The second-order valence-corrected chi connectivity index (χ2v) is 5.05. The number of nitrogens with one attached hydrogen (secondary N) is 1. The third-order valence-corrected chi connectivity index (χ3v) is 3.53. The molecule has 6 heteroatoms. The van der Waals surface area contributed by atoms with Crippen molar-refractivity contribution in [3.63, 3.8) is 0 Å². The summed E-state index contributed by atoms with van der Waals surface area (Å²) in [6.45, 7) is 4.95. The maximum absolute atomic E-state index is 13.0. The molecular weight excluding hydrogens is 248 g/mol. The zero-order valence-electron chi connectivity index (χ0n) is 10.9. The van der Waals surface area contributed by atoms with E-state index in [1.54, 1.807) is 0 Å². The normalized spacial score (nSPS) is 24.5. The summed E-state index contributed by atoms with van der Waals surface area (Å²) in [7, 11) is 0. The highest BCUT2D eigenvalue weighted by atomic mass is 19.3. The van der Waals surface area contributed by atoms with E-state index in [4.69, 9.17) is 0 Å². The number of alkyl halides is 4. The molecule has 18 heavy (non-hydrogen) atoms. The third-order valence-electron chi connectivity index (χ3n) is 3.53. The van der Waals surface area contributed by atoms with Gasteiger partial charge in [0, 0.05) is 12.6 Å². The van der Waals surface area contributed by atoms with Crippen LogP contribution in [0, 0.1) is 5.92 Å². The second-order valence-electron chi connectivity index (χ2n) is 5.05. The molecule has 0 bridgehead atoms. The highest BCUT2D eigenvalue weighted by Crippen LogP contribution is 2.27. The molecule has 0 aromatic rings. The summed E-state index contributed by atoms with van der Waals surface area (Å²) in [6.07, 6.45) is -1.82. The van der Waals surface area contributed by atoms with E-state index in [0.717, 1.165) is 19.4 Å². The Morgan fingerprint density at radius 3 is 2.61 bits per heavy atom. The van der Waals surface area contributed by atoms with Crippen LogP contribution in [-0.2, 0) is 0 Å². The minimum atomic E-state index is -3.90. The van der Waals surface area contributed by atoms with Gasteiger partial charge in [-0.15, -0.1) is 0 Å². The SMILES string of the molecule is CCNC(C)C1CCCN(CC(F)(F)C(F)F)C1. The molecule has 1 heterocycles. The van der Waals surface area contributed by atoms with E-state index in [0.29, 0.717) is 13.1 Å². The Bertz CT molecular complexity index is 248. The molecule has 1 fully saturated rings. The van der Waals surface area contributed by atoms with Crippen molar-refractivity contribution in [2.75, 3.05) is 26.2 Å².